The molecule has 0 radical (unpaired) electrons. The number of esters is 1. The van der Waals surface area contributed by atoms with E-state index in [1.54, 1.807) is 37.3 Å². The van der Waals surface area contributed by atoms with Crippen molar-refractivity contribution < 1.29 is 14.1 Å². The number of aryl methyl sites for hydroxylation is 1. The van der Waals surface area contributed by atoms with E-state index in [0.717, 1.165) is 0 Å². The minimum absolute atomic E-state index is 0.0608. The van der Waals surface area contributed by atoms with Crippen LogP contribution >= 0.6 is 0 Å². The van der Waals surface area contributed by atoms with Crippen LogP contribution in [0.3, 0.4) is 0 Å². The van der Waals surface area contributed by atoms with Crippen LogP contribution in [0, 0.1) is 6.92 Å². The summed E-state index contributed by atoms with van der Waals surface area (Å²) in [7, 11) is 0. The van der Waals surface area contributed by atoms with Crippen molar-refractivity contribution in [2.75, 3.05) is 0 Å². The summed E-state index contributed by atoms with van der Waals surface area (Å²) in [5, 5.41) is 14.6. The monoisotopic (exact) mass is 285 g/mol. The molecule has 0 spiro atoms. The van der Waals surface area contributed by atoms with Crippen molar-refractivity contribution in [2.45, 2.75) is 13.5 Å². The maximum atomic E-state index is 12.0. The standard InChI is InChI=1S/C13H11N5O3/c1-9-5-11(15-21-9)7-20-13(19)10-3-2-4-12(6-10)18-8-14-16-17-18/h2-6,8H,7H2,1H3. The Kier molecular flexibility index (Phi) is 3.42. The predicted octanol–water partition coefficient (Wildman–Crippen LogP) is 1.32. The quantitative estimate of drug-likeness (QED) is 0.667. The van der Waals surface area contributed by atoms with Gasteiger partial charge in [-0.25, -0.2) is 9.48 Å². The number of ether oxygens (including phenoxy) is 1. The first-order valence-corrected chi connectivity index (χ1v) is 6.15. The van der Waals surface area contributed by atoms with Crippen molar-refractivity contribution in [1.82, 2.24) is 25.4 Å². The molecule has 0 fully saturated rings. The number of benzene rings is 1. The lowest BCUT2D eigenvalue weighted by atomic mass is 10.2. The van der Waals surface area contributed by atoms with Crippen molar-refractivity contribution >= 4 is 5.97 Å². The van der Waals surface area contributed by atoms with E-state index in [-0.39, 0.29) is 6.61 Å². The number of tetrazole rings is 1. The summed E-state index contributed by atoms with van der Waals surface area (Å²) in [4.78, 5) is 12.0. The molecule has 0 amide bonds. The third-order valence-electron chi connectivity index (χ3n) is 2.72. The topological polar surface area (TPSA) is 95.9 Å². The van der Waals surface area contributed by atoms with Crippen LogP contribution < -0.4 is 0 Å². The molecule has 0 bridgehead atoms. The lowest BCUT2D eigenvalue weighted by molar-refractivity contribution is 0.0464. The van der Waals surface area contributed by atoms with E-state index in [4.69, 9.17) is 9.26 Å². The molecule has 3 rings (SSSR count). The molecule has 0 N–H and O–H groups in total. The van der Waals surface area contributed by atoms with Gasteiger partial charge in [0.05, 0.1) is 11.3 Å². The molecule has 21 heavy (non-hydrogen) atoms. The molecular formula is C13H11N5O3. The highest BCUT2D eigenvalue weighted by Crippen LogP contribution is 2.11. The zero-order valence-corrected chi connectivity index (χ0v) is 11.1. The van der Waals surface area contributed by atoms with Gasteiger partial charge < -0.3 is 9.26 Å². The zero-order chi connectivity index (χ0) is 14.7. The average Bonchev–Trinajstić information content (AvgIpc) is 3.16. The Labute approximate surface area is 119 Å². The molecule has 2 heterocycles. The van der Waals surface area contributed by atoms with Crippen molar-refractivity contribution in [3.05, 3.63) is 53.7 Å². The van der Waals surface area contributed by atoms with Crippen molar-refractivity contribution in [3.63, 3.8) is 0 Å². The molecule has 0 aliphatic heterocycles. The maximum Gasteiger partial charge on any atom is 0.338 e. The van der Waals surface area contributed by atoms with Gasteiger partial charge in [0.2, 0.25) is 0 Å². The zero-order valence-electron chi connectivity index (χ0n) is 11.1. The number of carbonyl (C=O) groups excluding carboxylic acids is 1. The van der Waals surface area contributed by atoms with Gasteiger partial charge in [0.25, 0.3) is 0 Å². The number of hydrogen-bond donors (Lipinski definition) is 0. The molecule has 8 heteroatoms. The number of aromatic nitrogens is 5. The Morgan fingerprint density at radius 2 is 2.29 bits per heavy atom. The summed E-state index contributed by atoms with van der Waals surface area (Å²) in [5.74, 6) is 0.215. The van der Waals surface area contributed by atoms with Gasteiger partial charge in [-0.2, -0.15) is 0 Å². The van der Waals surface area contributed by atoms with Crippen LogP contribution in [0.5, 0.6) is 0 Å². The van der Waals surface area contributed by atoms with E-state index in [1.165, 1.54) is 11.0 Å². The van der Waals surface area contributed by atoms with Gasteiger partial charge in [-0.05, 0) is 35.5 Å². The van der Waals surface area contributed by atoms with Crippen molar-refractivity contribution in [3.8, 4) is 5.69 Å². The molecule has 3 aromatic rings. The van der Waals surface area contributed by atoms with Gasteiger partial charge in [-0.15, -0.1) is 5.10 Å². The summed E-state index contributed by atoms with van der Waals surface area (Å²) in [6.45, 7) is 1.83. The molecule has 0 atom stereocenters. The molecule has 0 unspecified atom stereocenters. The van der Waals surface area contributed by atoms with Crippen LogP contribution in [0.1, 0.15) is 21.8 Å². The second kappa shape index (κ2) is 5.53. The van der Waals surface area contributed by atoms with Crippen LogP contribution in [0.15, 0.2) is 41.2 Å². The summed E-state index contributed by atoms with van der Waals surface area (Å²) >= 11 is 0. The molecule has 106 valence electrons. The summed E-state index contributed by atoms with van der Waals surface area (Å²) in [6, 6.07) is 8.53. The summed E-state index contributed by atoms with van der Waals surface area (Å²) < 4.78 is 11.5. The molecule has 0 aliphatic rings. The second-order valence-corrected chi connectivity index (χ2v) is 4.31. The Balaban J connectivity index is 1.71. The van der Waals surface area contributed by atoms with Crippen molar-refractivity contribution in [1.29, 1.82) is 0 Å². The Hall–Kier alpha value is -3.03. The Morgan fingerprint density at radius 3 is 3.00 bits per heavy atom. The molecule has 0 saturated carbocycles. The fraction of sp³-hybridized carbons (Fsp3) is 0.154. The van der Waals surface area contributed by atoms with Crippen LogP contribution in [-0.4, -0.2) is 31.3 Å². The van der Waals surface area contributed by atoms with E-state index in [2.05, 4.69) is 20.7 Å². The minimum Gasteiger partial charge on any atom is -0.455 e. The van der Waals surface area contributed by atoms with Gasteiger partial charge >= 0.3 is 5.97 Å². The van der Waals surface area contributed by atoms with E-state index in [1.807, 2.05) is 0 Å². The second-order valence-electron chi connectivity index (χ2n) is 4.31. The first kappa shape index (κ1) is 13.0. The molecular weight excluding hydrogens is 274 g/mol. The maximum absolute atomic E-state index is 12.0. The fourth-order valence-corrected chi connectivity index (χ4v) is 1.76. The molecule has 0 saturated heterocycles. The molecule has 0 aliphatic carbocycles. The van der Waals surface area contributed by atoms with Crippen molar-refractivity contribution in [2.24, 2.45) is 0 Å². The Bertz CT molecular complexity index is 751. The predicted molar refractivity (Wildman–Crippen MR) is 69.5 cm³/mol. The minimum atomic E-state index is -0.453. The highest BCUT2D eigenvalue weighted by molar-refractivity contribution is 5.90. The Morgan fingerprint density at radius 1 is 1.38 bits per heavy atom. The largest absolute Gasteiger partial charge is 0.455 e. The highest BCUT2D eigenvalue weighted by Gasteiger charge is 2.10. The number of carbonyl (C=O) groups is 1. The lowest BCUT2D eigenvalue weighted by Crippen LogP contribution is -2.06. The third-order valence-corrected chi connectivity index (χ3v) is 2.72. The number of hydrogen-bond acceptors (Lipinski definition) is 7. The fourth-order valence-electron chi connectivity index (χ4n) is 1.76. The number of rotatable bonds is 4. The van der Waals surface area contributed by atoms with E-state index >= 15 is 0 Å². The van der Waals surface area contributed by atoms with Crippen LogP contribution in [0.2, 0.25) is 0 Å². The molecule has 2 aromatic heterocycles. The normalized spacial score (nSPS) is 10.5. The average molecular weight is 285 g/mol. The number of nitrogens with zero attached hydrogens (tertiary/aromatic N) is 5. The van der Waals surface area contributed by atoms with Crippen LogP contribution in [-0.2, 0) is 11.3 Å². The van der Waals surface area contributed by atoms with E-state index in [0.29, 0.717) is 22.7 Å². The first-order chi connectivity index (χ1) is 10.2. The smallest absolute Gasteiger partial charge is 0.338 e. The highest BCUT2D eigenvalue weighted by atomic mass is 16.5. The van der Waals surface area contributed by atoms with Gasteiger partial charge in [0.1, 0.15) is 24.4 Å². The van der Waals surface area contributed by atoms with Gasteiger partial charge in [-0.1, -0.05) is 11.2 Å². The van der Waals surface area contributed by atoms with Gasteiger partial charge in [-0.3, -0.25) is 0 Å². The van der Waals surface area contributed by atoms with E-state index in [9.17, 15) is 4.79 Å². The third kappa shape index (κ3) is 2.94. The van der Waals surface area contributed by atoms with Gasteiger partial charge in [0.15, 0.2) is 0 Å². The van der Waals surface area contributed by atoms with Crippen LogP contribution in [0.25, 0.3) is 5.69 Å². The van der Waals surface area contributed by atoms with E-state index < -0.39 is 5.97 Å². The van der Waals surface area contributed by atoms with Gasteiger partial charge in [0, 0.05) is 6.07 Å². The summed E-state index contributed by atoms with van der Waals surface area (Å²) in [6.07, 6.45) is 1.45. The lowest BCUT2D eigenvalue weighted by Gasteiger charge is -2.04. The summed E-state index contributed by atoms with van der Waals surface area (Å²) in [5.41, 5.74) is 1.65. The molecule has 8 nitrogen and oxygen atoms in total. The first-order valence-electron chi connectivity index (χ1n) is 6.15. The molecule has 1 aromatic carbocycles. The van der Waals surface area contributed by atoms with Crippen LogP contribution in [0.4, 0.5) is 0 Å². The SMILES string of the molecule is Cc1cc(COC(=O)c2cccc(-n3cnnn3)c2)no1.